The number of amides is 2. The van der Waals surface area contributed by atoms with E-state index in [1.54, 1.807) is 18.2 Å². The molecule has 0 saturated carbocycles. The normalized spacial score (nSPS) is 18.0. The zero-order chi connectivity index (χ0) is 20.6. The highest BCUT2D eigenvalue weighted by Gasteiger charge is 2.41. The number of sulfonamides is 1. The van der Waals surface area contributed by atoms with Crippen LogP contribution in [0.25, 0.3) is 0 Å². The molecule has 2 aromatic rings. The van der Waals surface area contributed by atoms with E-state index in [-0.39, 0.29) is 42.0 Å². The lowest BCUT2D eigenvalue weighted by Crippen LogP contribution is -2.42. The van der Waals surface area contributed by atoms with Gasteiger partial charge in [-0.2, -0.15) is 4.31 Å². The third-order valence-corrected chi connectivity index (χ3v) is 6.88. The Hall–Kier alpha value is -3.11. The monoisotopic (exact) mass is 415 g/mol. The van der Waals surface area contributed by atoms with Gasteiger partial charge >= 0.3 is 5.97 Å². The molecule has 9 nitrogen and oxygen atoms in total. The van der Waals surface area contributed by atoms with Gasteiger partial charge in [0.05, 0.1) is 17.0 Å². The summed E-state index contributed by atoms with van der Waals surface area (Å²) in [7, 11) is -3.69. The van der Waals surface area contributed by atoms with Crippen molar-refractivity contribution < 1.29 is 27.6 Å². The molecule has 1 fully saturated rings. The average molecular weight is 415 g/mol. The molecular formula is C19H17N3O6S. The molecule has 3 heterocycles. The van der Waals surface area contributed by atoms with Crippen LogP contribution in [-0.2, 0) is 19.7 Å². The summed E-state index contributed by atoms with van der Waals surface area (Å²) in [6.07, 6.45) is 3.21. The van der Waals surface area contributed by atoms with Gasteiger partial charge in [-0.1, -0.05) is 17.2 Å². The topological polar surface area (TPSA) is 114 Å². The summed E-state index contributed by atoms with van der Waals surface area (Å²) in [5, 5.41) is 0.478. The predicted molar refractivity (Wildman–Crippen MR) is 98.8 cm³/mol. The SMILES string of the molecule is O=C(ON1C(=O)c2ccccc2C1=O)C1CCN(S(=O)(=O)c2cccnc2)CC1. The number of aromatic nitrogens is 1. The second-order valence-corrected chi connectivity index (χ2v) is 8.67. The van der Waals surface area contributed by atoms with Crippen molar-refractivity contribution in [2.75, 3.05) is 13.1 Å². The summed E-state index contributed by atoms with van der Waals surface area (Å²) in [5.41, 5.74) is 0.366. The van der Waals surface area contributed by atoms with Gasteiger partial charge in [0, 0.05) is 25.5 Å². The van der Waals surface area contributed by atoms with Crippen LogP contribution in [0.5, 0.6) is 0 Å². The van der Waals surface area contributed by atoms with E-state index in [0.717, 1.165) is 0 Å². The molecule has 1 saturated heterocycles. The Labute approximate surface area is 166 Å². The zero-order valence-corrected chi connectivity index (χ0v) is 16.0. The Morgan fingerprint density at radius 2 is 1.62 bits per heavy atom. The lowest BCUT2D eigenvalue weighted by Gasteiger charge is -2.30. The number of hydrogen-bond acceptors (Lipinski definition) is 7. The lowest BCUT2D eigenvalue weighted by atomic mass is 9.99. The van der Waals surface area contributed by atoms with Crippen molar-refractivity contribution in [1.29, 1.82) is 0 Å². The van der Waals surface area contributed by atoms with Crippen molar-refractivity contribution in [2.45, 2.75) is 17.7 Å². The Kier molecular flexibility index (Phi) is 4.89. The number of imide groups is 1. The highest BCUT2D eigenvalue weighted by atomic mass is 32.2. The predicted octanol–water partition coefficient (Wildman–Crippen LogP) is 1.24. The quantitative estimate of drug-likeness (QED) is 0.690. The highest BCUT2D eigenvalue weighted by Crippen LogP contribution is 2.27. The molecule has 150 valence electrons. The molecule has 1 aromatic carbocycles. The minimum atomic E-state index is -3.69. The molecule has 0 spiro atoms. The van der Waals surface area contributed by atoms with Crippen LogP contribution in [0.2, 0.25) is 0 Å². The van der Waals surface area contributed by atoms with Crippen molar-refractivity contribution >= 4 is 27.8 Å². The Bertz CT molecular complexity index is 1040. The van der Waals surface area contributed by atoms with Crippen molar-refractivity contribution in [3.8, 4) is 0 Å². The molecule has 2 aliphatic heterocycles. The molecule has 0 bridgehead atoms. The smallest absolute Gasteiger partial charge is 0.329 e. The van der Waals surface area contributed by atoms with Gasteiger partial charge in [-0.25, -0.2) is 13.2 Å². The van der Waals surface area contributed by atoms with Crippen LogP contribution in [0.3, 0.4) is 0 Å². The molecule has 0 unspecified atom stereocenters. The molecule has 2 amide bonds. The van der Waals surface area contributed by atoms with E-state index in [4.69, 9.17) is 4.84 Å². The maximum atomic E-state index is 12.6. The number of hydroxylamine groups is 2. The molecule has 0 atom stereocenters. The van der Waals surface area contributed by atoms with Gasteiger partial charge in [0.25, 0.3) is 11.8 Å². The van der Waals surface area contributed by atoms with Crippen LogP contribution in [0.4, 0.5) is 0 Å². The average Bonchev–Trinajstić information content (AvgIpc) is 2.99. The second kappa shape index (κ2) is 7.37. The number of pyridine rings is 1. The van der Waals surface area contributed by atoms with Crippen LogP contribution in [-0.4, -0.2) is 53.6 Å². The highest BCUT2D eigenvalue weighted by molar-refractivity contribution is 7.89. The number of rotatable bonds is 4. The summed E-state index contributed by atoms with van der Waals surface area (Å²) in [6, 6.07) is 9.22. The van der Waals surface area contributed by atoms with Crippen molar-refractivity contribution in [2.24, 2.45) is 5.92 Å². The number of carbonyl (C=O) groups excluding carboxylic acids is 3. The van der Waals surface area contributed by atoms with Crippen LogP contribution in [0, 0.1) is 5.92 Å². The molecule has 1 aromatic heterocycles. The standard InChI is InChI=1S/C19H17N3O6S/c23-17-15-5-1-2-6-16(15)18(24)22(17)28-19(25)13-7-10-21(11-8-13)29(26,27)14-4-3-9-20-12-14/h1-6,9,12-13H,7-8,10-11H2. The van der Waals surface area contributed by atoms with Crippen LogP contribution >= 0.6 is 0 Å². The molecule has 10 heteroatoms. The number of nitrogens with zero attached hydrogens (tertiary/aromatic N) is 3. The maximum Gasteiger partial charge on any atom is 0.336 e. The maximum absolute atomic E-state index is 12.6. The number of hydrogen-bond donors (Lipinski definition) is 0. The van der Waals surface area contributed by atoms with Crippen LogP contribution in [0.15, 0.2) is 53.7 Å². The fourth-order valence-corrected chi connectivity index (χ4v) is 4.83. The number of piperidine rings is 1. The number of carbonyl (C=O) groups is 3. The molecule has 0 N–H and O–H groups in total. The summed E-state index contributed by atoms with van der Waals surface area (Å²) in [6.45, 7) is 0.248. The Morgan fingerprint density at radius 1 is 1.00 bits per heavy atom. The van der Waals surface area contributed by atoms with Gasteiger partial charge in [0.2, 0.25) is 10.0 Å². The molecule has 0 aliphatic carbocycles. The summed E-state index contributed by atoms with van der Waals surface area (Å²) in [4.78, 5) is 46.1. The first-order valence-corrected chi connectivity index (χ1v) is 10.4. The van der Waals surface area contributed by atoms with Gasteiger partial charge in [-0.05, 0) is 37.1 Å². The molecule has 29 heavy (non-hydrogen) atoms. The van der Waals surface area contributed by atoms with E-state index in [1.165, 1.54) is 34.9 Å². The van der Waals surface area contributed by atoms with Crippen LogP contribution in [0.1, 0.15) is 33.6 Å². The first-order valence-electron chi connectivity index (χ1n) is 8.99. The van der Waals surface area contributed by atoms with Crippen LogP contribution < -0.4 is 0 Å². The van der Waals surface area contributed by atoms with E-state index in [1.807, 2.05) is 0 Å². The van der Waals surface area contributed by atoms with Crippen molar-refractivity contribution in [1.82, 2.24) is 14.4 Å². The fourth-order valence-electron chi connectivity index (χ4n) is 3.40. The molecule has 2 aliphatic rings. The Morgan fingerprint density at radius 3 is 2.17 bits per heavy atom. The largest absolute Gasteiger partial charge is 0.336 e. The summed E-state index contributed by atoms with van der Waals surface area (Å²) >= 11 is 0. The van der Waals surface area contributed by atoms with Gasteiger partial charge in [-0.3, -0.25) is 14.6 Å². The first-order chi connectivity index (χ1) is 13.9. The Balaban J connectivity index is 1.39. The molecule has 0 radical (unpaired) electrons. The number of benzene rings is 1. The van der Waals surface area contributed by atoms with Crippen molar-refractivity contribution in [3.05, 3.63) is 59.9 Å². The zero-order valence-electron chi connectivity index (χ0n) is 15.2. The third kappa shape index (κ3) is 3.40. The summed E-state index contributed by atoms with van der Waals surface area (Å²) < 4.78 is 26.5. The summed E-state index contributed by atoms with van der Waals surface area (Å²) in [5.74, 6) is -2.70. The van der Waals surface area contributed by atoms with E-state index >= 15 is 0 Å². The molecule has 4 rings (SSSR count). The molecular weight excluding hydrogens is 398 g/mol. The second-order valence-electron chi connectivity index (χ2n) is 6.73. The first kappa shape index (κ1) is 19.2. The van der Waals surface area contributed by atoms with Gasteiger partial charge in [0.1, 0.15) is 4.90 Å². The van der Waals surface area contributed by atoms with Gasteiger partial charge in [-0.15, -0.1) is 0 Å². The van der Waals surface area contributed by atoms with E-state index in [0.29, 0.717) is 5.06 Å². The van der Waals surface area contributed by atoms with Crippen molar-refractivity contribution in [3.63, 3.8) is 0 Å². The van der Waals surface area contributed by atoms with E-state index < -0.39 is 33.7 Å². The fraction of sp³-hybridized carbons (Fsp3) is 0.263. The third-order valence-electron chi connectivity index (χ3n) is 5.00. The minimum absolute atomic E-state index is 0.0899. The lowest BCUT2D eigenvalue weighted by molar-refractivity contribution is -0.175. The van der Waals surface area contributed by atoms with E-state index in [9.17, 15) is 22.8 Å². The minimum Gasteiger partial charge on any atom is -0.329 e. The van der Waals surface area contributed by atoms with Gasteiger partial charge < -0.3 is 4.84 Å². The van der Waals surface area contributed by atoms with Gasteiger partial charge in [0.15, 0.2) is 0 Å². The number of fused-ring (bicyclic) bond motifs is 1. The van der Waals surface area contributed by atoms with E-state index in [2.05, 4.69) is 4.98 Å².